The summed E-state index contributed by atoms with van der Waals surface area (Å²) in [7, 11) is 3.00. The number of carbonyl (C=O) groups excluding carboxylic acids is 3. The average molecular weight is 410 g/mol. The number of rotatable bonds is 7. The molecule has 1 aliphatic rings. The number of amides is 2. The Morgan fingerprint density at radius 3 is 2.37 bits per heavy atom. The van der Waals surface area contributed by atoms with Crippen molar-refractivity contribution in [3.8, 4) is 11.5 Å². The van der Waals surface area contributed by atoms with Gasteiger partial charge in [-0.3, -0.25) is 19.3 Å². The van der Waals surface area contributed by atoms with Crippen LogP contribution in [0.5, 0.6) is 11.5 Å². The third-order valence-electron chi connectivity index (χ3n) is 4.66. The van der Waals surface area contributed by atoms with Crippen LogP contribution >= 0.6 is 0 Å². The number of fused-ring (bicyclic) bond motifs is 1. The molecule has 2 amide bonds. The molecule has 1 heterocycles. The molecule has 8 heteroatoms. The fourth-order valence-corrected chi connectivity index (χ4v) is 3.08. The smallest absolute Gasteiger partial charge is 0.326 e. The van der Waals surface area contributed by atoms with Crippen LogP contribution in [0.25, 0.3) is 5.70 Å². The Kier molecular flexibility index (Phi) is 6.06. The van der Waals surface area contributed by atoms with Crippen LogP contribution in [0.4, 0.5) is 5.69 Å². The minimum atomic E-state index is -1.07. The molecule has 0 fully saturated rings. The number of ether oxygens (including phenoxy) is 3. The summed E-state index contributed by atoms with van der Waals surface area (Å²) >= 11 is 0. The van der Waals surface area contributed by atoms with Crippen LogP contribution in [0.2, 0.25) is 0 Å². The van der Waals surface area contributed by atoms with Crippen molar-refractivity contribution in [2.24, 2.45) is 0 Å². The van der Waals surface area contributed by atoms with Crippen molar-refractivity contribution < 1.29 is 28.6 Å². The molecule has 0 spiro atoms. The molecule has 156 valence electrons. The fraction of sp³-hybridized carbons (Fsp3) is 0.227. The second kappa shape index (κ2) is 8.69. The first-order valence-corrected chi connectivity index (χ1v) is 9.18. The zero-order valence-corrected chi connectivity index (χ0v) is 16.9. The van der Waals surface area contributed by atoms with Crippen LogP contribution in [-0.2, 0) is 14.3 Å². The normalized spacial score (nSPS) is 13.5. The molecule has 8 nitrogen and oxygen atoms in total. The molecule has 0 radical (unpaired) electrons. The van der Waals surface area contributed by atoms with Gasteiger partial charge in [-0.25, -0.2) is 0 Å². The predicted octanol–water partition coefficient (Wildman–Crippen LogP) is 2.70. The van der Waals surface area contributed by atoms with Gasteiger partial charge in [0.2, 0.25) is 0 Å². The van der Waals surface area contributed by atoms with Crippen molar-refractivity contribution in [1.82, 2.24) is 4.90 Å². The molecule has 1 unspecified atom stereocenters. The van der Waals surface area contributed by atoms with Gasteiger partial charge >= 0.3 is 5.97 Å². The summed E-state index contributed by atoms with van der Waals surface area (Å²) in [5.41, 5.74) is 2.04. The van der Waals surface area contributed by atoms with E-state index in [1.807, 2.05) is 0 Å². The van der Waals surface area contributed by atoms with E-state index < -0.39 is 18.0 Å². The number of nitrogens with one attached hydrogen (secondary N) is 1. The highest BCUT2D eigenvalue weighted by atomic mass is 16.5. The minimum Gasteiger partial charge on any atom is -0.493 e. The van der Waals surface area contributed by atoms with Crippen molar-refractivity contribution in [1.29, 1.82) is 0 Å². The minimum absolute atomic E-state index is 0.324. The van der Waals surface area contributed by atoms with Crippen molar-refractivity contribution in [2.75, 3.05) is 26.1 Å². The second-order valence-corrected chi connectivity index (χ2v) is 6.57. The van der Waals surface area contributed by atoms with E-state index in [0.717, 1.165) is 0 Å². The van der Waals surface area contributed by atoms with Gasteiger partial charge in [0.1, 0.15) is 6.54 Å². The van der Waals surface area contributed by atoms with E-state index in [0.29, 0.717) is 34.0 Å². The standard InChI is InChI=1S/C22H22N2O6/c1-13-16-7-5-6-8-17(16)22(27)24(13)12-20(25)30-14(2)21(26)23-15-9-10-18(28-3)19(11-15)29-4/h5-11,14H,1,12H2,2-4H3,(H,23,26). The number of carbonyl (C=O) groups is 3. The molecule has 0 saturated heterocycles. The van der Waals surface area contributed by atoms with Gasteiger partial charge in [0.05, 0.1) is 14.2 Å². The summed E-state index contributed by atoms with van der Waals surface area (Å²) in [6.07, 6.45) is -1.07. The maximum absolute atomic E-state index is 12.5. The highest BCUT2D eigenvalue weighted by molar-refractivity contribution is 6.10. The second-order valence-electron chi connectivity index (χ2n) is 6.57. The molecular formula is C22H22N2O6. The molecule has 3 rings (SSSR count). The Hall–Kier alpha value is -3.81. The topological polar surface area (TPSA) is 94.2 Å². The van der Waals surface area contributed by atoms with E-state index >= 15 is 0 Å². The summed E-state index contributed by atoms with van der Waals surface area (Å²) < 4.78 is 15.6. The quantitative estimate of drug-likeness (QED) is 0.706. The highest BCUT2D eigenvalue weighted by Crippen LogP contribution is 2.31. The van der Waals surface area contributed by atoms with Gasteiger partial charge < -0.3 is 19.5 Å². The van der Waals surface area contributed by atoms with Crippen LogP contribution < -0.4 is 14.8 Å². The molecule has 0 aromatic heterocycles. The van der Waals surface area contributed by atoms with E-state index in [4.69, 9.17) is 14.2 Å². The Morgan fingerprint density at radius 1 is 1.07 bits per heavy atom. The van der Waals surface area contributed by atoms with Crippen molar-refractivity contribution in [3.63, 3.8) is 0 Å². The summed E-state index contributed by atoms with van der Waals surface area (Å²) in [6, 6.07) is 11.8. The van der Waals surface area contributed by atoms with Crippen LogP contribution in [0.3, 0.4) is 0 Å². The molecule has 2 aromatic carbocycles. The van der Waals surface area contributed by atoms with Gasteiger partial charge in [0, 0.05) is 28.6 Å². The number of esters is 1. The number of hydrogen-bond acceptors (Lipinski definition) is 6. The lowest BCUT2D eigenvalue weighted by atomic mass is 10.1. The van der Waals surface area contributed by atoms with Gasteiger partial charge in [0.25, 0.3) is 11.8 Å². The fourth-order valence-electron chi connectivity index (χ4n) is 3.08. The zero-order valence-electron chi connectivity index (χ0n) is 16.9. The van der Waals surface area contributed by atoms with Gasteiger partial charge in [-0.05, 0) is 25.1 Å². The maximum atomic E-state index is 12.5. The molecular weight excluding hydrogens is 388 g/mol. The van der Waals surface area contributed by atoms with E-state index in [2.05, 4.69) is 11.9 Å². The third-order valence-corrected chi connectivity index (χ3v) is 4.66. The van der Waals surface area contributed by atoms with Gasteiger partial charge in [-0.2, -0.15) is 0 Å². The van der Waals surface area contributed by atoms with Gasteiger partial charge in [-0.1, -0.05) is 24.8 Å². The maximum Gasteiger partial charge on any atom is 0.326 e. The molecule has 0 aliphatic carbocycles. The van der Waals surface area contributed by atoms with Crippen molar-refractivity contribution in [2.45, 2.75) is 13.0 Å². The first-order valence-electron chi connectivity index (χ1n) is 9.18. The summed E-state index contributed by atoms with van der Waals surface area (Å²) in [5.74, 6) is -0.593. The lowest BCUT2D eigenvalue weighted by molar-refractivity contribution is -0.153. The van der Waals surface area contributed by atoms with Crippen LogP contribution in [0.1, 0.15) is 22.8 Å². The van der Waals surface area contributed by atoms with E-state index in [1.165, 1.54) is 26.0 Å². The molecule has 0 saturated carbocycles. The molecule has 1 atom stereocenters. The van der Waals surface area contributed by atoms with E-state index in [9.17, 15) is 14.4 Å². The average Bonchev–Trinajstić information content (AvgIpc) is 2.98. The van der Waals surface area contributed by atoms with Crippen LogP contribution in [0, 0.1) is 0 Å². The molecule has 0 bridgehead atoms. The molecule has 1 aliphatic heterocycles. The number of anilines is 1. The van der Waals surface area contributed by atoms with Gasteiger partial charge in [0.15, 0.2) is 17.6 Å². The number of nitrogens with zero attached hydrogens (tertiary/aromatic N) is 1. The number of hydrogen-bond donors (Lipinski definition) is 1. The molecule has 30 heavy (non-hydrogen) atoms. The monoisotopic (exact) mass is 410 g/mol. The lowest BCUT2D eigenvalue weighted by Crippen LogP contribution is -2.35. The van der Waals surface area contributed by atoms with E-state index in [1.54, 1.807) is 42.5 Å². The Balaban J connectivity index is 1.59. The Morgan fingerprint density at radius 2 is 1.73 bits per heavy atom. The Labute approximate surface area is 174 Å². The summed E-state index contributed by atoms with van der Waals surface area (Å²) in [5, 5.41) is 2.65. The van der Waals surface area contributed by atoms with E-state index in [-0.39, 0.29) is 12.5 Å². The first kappa shape index (κ1) is 20.9. The third kappa shape index (κ3) is 4.12. The number of benzene rings is 2. The van der Waals surface area contributed by atoms with Crippen molar-refractivity contribution in [3.05, 3.63) is 60.2 Å². The zero-order chi connectivity index (χ0) is 21.8. The molecule has 1 N–H and O–H groups in total. The Bertz CT molecular complexity index is 981. The summed E-state index contributed by atoms with van der Waals surface area (Å²) in [6.45, 7) is 4.99. The summed E-state index contributed by atoms with van der Waals surface area (Å²) in [4.78, 5) is 38.4. The lowest BCUT2D eigenvalue weighted by Gasteiger charge is -2.19. The highest BCUT2D eigenvalue weighted by Gasteiger charge is 2.33. The van der Waals surface area contributed by atoms with Crippen LogP contribution in [-0.4, -0.2) is 49.6 Å². The predicted molar refractivity (Wildman–Crippen MR) is 110 cm³/mol. The van der Waals surface area contributed by atoms with Crippen LogP contribution in [0.15, 0.2) is 49.0 Å². The first-order chi connectivity index (χ1) is 14.3. The van der Waals surface area contributed by atoms with Gasteiger partial charge in [-0.15, -0.1) is 0 Å². The largest absolute Gasteiger partial charge is 0.493 e. The number of methoxy groups -OCH3 is 2. The SMILES string of the molecule is C=C1c2ccccc2C(=O)N1CC(=O)OC(C)C(=O)Nc1ccc(OC)c(OC)c1. The van der Waals surface area contributed by atoms with Crippen molar-refractivity contribution >= 4 is 29.2 Å². The molecule has 2 aromatic rings.